The predicted molar refractivity (Wildman–Crippen MR) is 176 cm³/mol. The van der Waals surface area contributed by atoms with Gasteiger partial charge in [-0.3, -0.25) is 29.0 Å². The Kier molecular flexibility index (Phi) is 7.89. The molecule has 2 amide bonds. The summed E-state index contributed by atoms with van der Waals surface area (Å²) >= 11 is 0. The van der Waals surface area contributed by atoms with Crippen LogP contribution in [0.25, 0.3) is 38.9 Å². The van der Waals surface area contributed by atoms with Crippen LogP contribution in [-0.4, -0.2) is 74.7 Å². The number of carbonyl (C=O) groups is 2. The number of piperazine rings is 1. The summed E-state index contributed by atoms with van der Waals surface area (Å²) in [6.07, 6.45) is 4.57. The Morgan fingerprint density at radius 1 is 1.07 bits per heavy atom. The molecule has 0 aliphatic carbocycles. The number of halogens is 1. The largest absolute Gasteiger partial charge is 0.367 e. The van der Waals surface area contributed by atoms with Gasteiger partial charge >= 0.3 is 0 Å². The summed E-state index contributed by atoms with van der Waals surface area (Å²) in [5, 5.41) is 10.7. The normalized spacial score (nSPS) is 13.5. The molecule has 236 valence electrons. The molecule has 11 nitrogen and oxygen atoms in total. The number of anilines is 1. The fourth-order valence-electron chi connectivity index (χ4n) is 6.31. The molecule has 1 fully saturated rings. The maximum Gasteiger partial charge on any atom is 0.271 e. The first-order valence-corrected chi connectivity index (χ1v) is 15.1. The third-order valence-electron chi connectivity index (χ3n) is 8.61. The smallest absolute Gasteiger partial charge is 0.271 e. The third kappa shape index (κ3) is 4.90. The fourth-order valence-corrected chi connectivity index (χ4v) is 6.31. The molecule has 1 saturated heterocycles. The van der Waals surface area contributed by atoms with Gasteiger partial charge < -0.3 is 15.1 Å². The quantitative estimate of drug-likeness (QED) is 0.269. The minimum atomic E-state index is -0.619. The number of benzene rings is 1. The van der Waals surface area contributed by atoms with E-state index in [4.69, 9.17) is 4.98 Å². The van der Waals surface area contributed by atoms with Gasteiger partial charge in [0.05, 0.1) is 28.8 Å². The van der Waals surface area contributed by atoms with Gasteiger partial charge in [-0.2, -0.15) is 5.10 Å². The van der Waals surface area contributed by atoms with Crippen LogP contribution in [0.4, 0.5) is 10.1 Å². The van der Waals surface area contributed by atoms with Crippen molar-refractivity contribution in [3.05, 3.63) is 87.9 Å². The van der Waals surface area contributed by atoms with E-state index in [0.717, 1.165) is 11.1 Å². The molecular weight excluding hydrogens is 587 g/mol. The molecule has 1 aromatic carbocycles. The number of H-pyrrole nitrogens is 1. The topological polar surface area (TPSA) is 129 Å². The SMILES string of the molecule is C=CC(=O)N1CCN(c2c(C(=O)NC)c(=O)n(-c3c(C)ccnc3C(C)C)c3nc(-c4c(C)ccc5[nH]ncc45)c(F)cc23)CC1. The highest BCUT2D eigenvalue weighted by Crippen LogP contribution is 2.38. The van der Waals surface area contributed by atoms with Crippen LogP contribution in [-0.2, 0) is 4.79 Å². The van der Waals surface area contributed by atoms with Gasteiger partial charge in [0.25, 0.3) is 11.5 Å². The Morgan fingerprint density at radius 2 is 1.80 bits per heavy atom. The Labute approximate surface area is 264 Å². The summed E-state index contributed by atoms with van der Waals surface area (Å²) in [5.41, 5.74) is 3.68. The van der Waals surface area contributed by atoms with Gasteiger partial charge in [-0.1, -0.05) is 26.5 Å². The van der Waals surface area contributed by atoms with Crippen molar-refractivity contribution in [2.24, 2.45) is 0 Å². The standard InChI is InChI=1S/C34H35FN8O3/c1-7-25(44)41-12-14-42(15-13-41)31-21-16-23(35)29(26-19(4)8-9-24-22(26)17-38-40-24)39-32(21)43(34(46)27(31)33(45)36-6)30-20(5)10-11-37-28(30)18(2)3/h7-11,16-18H,1,12-15H2,2-6H3,(H,36,45)(H,38,40). The Hall–Kier alpha value is -5.39. The Morgan fingerprint density at radius 3 is 2.48 bits per heavy atom. The summed E-state index contributed by atoms with van der Waals surface area (Å²) in [5.74, 6) is -1.53. The highest BCUT2D eigenvalue weighted by atomic mass is 19.1. The van der Waals surface area contributed by atoms with Crippen LogP contribution in [0.15, 0.2) is 54.1 Å². The summed E-state index contributed by atoms with van der Waals surface area (Å²) in [6, 6.07) is 6.88. The number of aromatic amines is 1. The van der Waals surface area contributed by atoms with Crippen molar-refractivity contribution in [1.82, 2.24) is 34.9 Å². The van der Waals surface area contributed by atoms with Crippen molar-refractivity contribution in [3.8, 4) is 16.9 Å². The van der Waals surface area contributed by atoms with Gasteiger partial charge in [0, 0.05) is 55.8 Å². The lowest BCUT2D eigenvalue weighted by Gasteiger charge is -2.37. The minimum Gasteiger partial charge on any atom is -0.367 e. The first-order chi connectivity index (χ1) is 22.1. The molecular formula is C34H35FN8O3. The van der Waals surface area contributed by atoms with Crippen molar-refractivity contribution < 1.29 is 14.0 Å². The second kappa shape index (κ2) is 11.8. The fraction of sp³-hybridized carbons (Fsp3) is 0.294. The lowest BCUT2D eigenvalue weighted by Crippen LogP contribution is -2.49. The summed E-state index contributed by atoms with van der Waals surface area (Å²) < 4.78 is 17.9. The van der Waals surface area contributed by atoms with E-state index in [1.54, 1.807) is 23.4 Å². The first-order valence-electron chi connectivity index (χ1n) is 15.1. The van der Waals surface area contributed by atoms with Gasteiger partial charge in [-0.05, 0) is 55.2 Å². The monoisotopic (exact) mass is 622 g/mol. The van der Waals surface area contributed by atoms with E-state index in [1.807, 2.05) is 44.7 Å². The minimum absolute atomic E-state index is 0.0535. The van der Waals surface area contributed by atoms with E-state index >= 15 is 4.39 Å². The number of hydrogen-bond donors (Lipinski definition) is 2. The van der Waals surface area contributed by atoms with Crippen molar-refractivity contribution in [2.45, 2.75) is 33.6 Å². The molecule has 0 bridgehead atoms. The second-order valence-electron chi connectivity index (χ2n) is 11.8. The van der Waals surface area contributed by atoms with Crippen LogP contribution in [0.5, 0.6) is 0 Å². The first kappa shape index (κ1) is 30.6. The average Bonchev–Trinajstić information content (AvgIpc) is 3.53. The zero-order chi connectivity index (χ0) is 32.9. The summed E-state index contributed by atoms with van der Waals surface area (Å²) in [6.45, 7) is 12.5. The van der Waals surface area contributed by atoms with Crippen molar-refractivity contribution in [1.29, 1.82) is 0 Å². The molecule has 6 rings (SSSR count). The lowest BCUT2D eigenvalue weighted by atomic mass is 9.99. The number of aryl methyl sites for hydroxylation is 2. The van der Waals surface area contributed by atoms with Gasteiger partial charge in [0.2, 0.25) is 5.91 Å². The zero-order valence-electron chi connectivity index (χ0n) is 26.4. The average molecular weight is 623 g/mol. The number of hydrogen-bond acceptors (Lipinski definition) is 7. The predicted octanol–water partition coefficient (Wildman–Crippen LogP) is 4.40. The van der Waals surface area contributed by atoms with E-state index in [2.05, 4.69) is 27.1 Å². The highest BCUT2D eigenvalue weighted by molar-refractivity contribution is 6.08. The number of pyridine rings is 3. The summed E-state index contributed by atoms with van der Waals surface area (Å²) in [7, 11) is 1.45. The van der Waals surface area contributed by atoms with Gasteiger partial charge in [-0.25, -0.2) is 9.37 Å². The Bertz CT molecular complexity index is 2110. The lowest BCUT2D eigenvalue weighted by molar-refractivity contribution is -0.126. The zero-order valence-corrected chi connectivity index (χ0v) is 26.4. The maximum absolute atomic E-state index is 16.5. The van der Waals surface area contributed by atoms with Crippen molar-refractivity contribution in [3.63, 3.8) is 0 Å². The number of aromatic nitrogens is 5. The number of nitrogens with one attached hydrogen (secondary N) is 2. The number of fused-ring (bicyclic) bond motifs is 2. The molecule has 5 aromatic rings. The van der Waals surface area contributed by atoms with E-state index in [-0.39, 0.29) is 39.8 Å². The molecule has 12 heteroatoms. The molecule has 0 radical (unpaired) electrons. The molecule has 4 aromatic heterocycles. The molecule has 0 spiro atoms. The molecule has 0 atom stereocenters. The van der Waals surface area contributed by atoms with Crippen LogP contribution in [0.1, 0.15) is 46.9 Å². The van der Waals surface area contributed by atoms with E-state index in [9.17, 15) is 14.4 Å². The molecule has 1 aliphatic heterocycles. The number of amides is 2. The van der Waals surface area contributed by atoms with Crippen molar-refractivity contribution in [2.75, 3.05) is 38.1 Å². The van der Waals surface area contributed by atoms with Gasteiger partial charge in [0.15, 0.2) is 5.65 Å². The maximum atomic E-state index is 16.5. The molecule has 1 aliphatic rings. The van der Waals surface area contributed by atoms with E-state index in [1.165, 1.54) is 23.8 Å². The van der Waals surface area contributed by atoms with E-state index < -0.39 is 17.3 Å². The third-order valence-corrected chi connectivity index (χ3v) is 8.61. The number of nitrogens with zero attached hydrogens (tertiary/aromatic N) is 6. The molecule has 2 N–H and O–H groups in total. The van der Waals surface area contributed by atoms with Crippen LogP contribution in [0.3, 0.4) is 0 Å². The second-order valence-corrected chi connectivity index (χ2v) is 11.8. The number of carbonyl (C=O) groups excluding carboxylic acids is 2. The molecule has 0 unspecified atom stereocenters. The molecule has 0 saturated carbocycles. The van der Waals surface area contributed by atoms with Gasteiger partial charge in [0.1, 0.15) is 17.1 Å². The van der Waals surface area contributed by atoms with Crippen molar-refractivity contribution >= 4 is 39.4 Å². The highest BCUT2D eigenvalue weighted by Gasteiger charge is 2.32. The van der Waals surface area contributed by atoms with Crippen LogP contribution in [0, 0.1) is 19.7 Å². The molecule has 46 heavy (non-hydrogen) atoms. The summed E-state index contributed by atoms with van der Waals surface area (Å²) in [4.78, 5) is 53.8. The number of rotatable bonds is 6. The van der Waals surface area contributed by atoms with Crippen LogP contribution >= 0.6 is 0 Å². The molecule has 5 heterocycles. The van der Waals surface area contributed by atoms with Crippen LogP contribution < -0.4 is 15.8 Å². The van der Waals surface area contributed by atoms with Crippen LogP contribution in [0.2, 0.25) is 0 Å². The Balaban J connectivity index is 1.75. The van der Waals surface area contributed by atoms with Gasteiger partial charge in [-0.15, -0.1) is 0 Å². The van der Waals surface area contributed by atoms with E-state index in [0.29, 0.717) is 54.0 Å².